The van der Waals surface area contributed by atoms with E-state index in [1.54, 1.807) is 6.20 Å². The third-order valence-corrected chi connectivity index (χ3v) is 4.19. The highest BCUT2D eigenvalue weighted by Gasteiger charge is 2.20. The lowest BCUT2D eigenvalue weighted by atomic mass is 9.96. The Hall–Kier alpha value is -1.39. The molecule has 0 bridgehead atoms. The van der Waals surface area contributed by atoms with Gasteiger partial charge in [-0.2, -0.15) is 0 Å². The van der Waals surface area contributed by atoms with Gasteiger partial charge < -0.3 is 10.5 Å². The number of fused-ring (bicyclic) bond motifs is 1. The molecule has 2 aromatic rings. The second-order valence-electron chi connectivity index (χ2n) is 5.19. The van der Waals surface area contributed by atoms with Crippen LogP contribution < -0.4 is 10.5 Å². The molecule has 20 heavy (non-hydrogen) atoms. The summed E-state index contributed by atoms with van der Waals surface area (Å²) < 4.78 is 6.86. The highest BCUT2D eigenvalue weighted by molar-refractivity contribution is 9.10. The molecule has 0 amide bonds. The number of hydrogen-bond acceptors (Lipinski definition) is 3. The summed E-state index contributed by atoms with van der Waals surface area (Å²) in [5.41, 5.74) is 11.1. The molecule has 1 aliphatic heterocycles. The van der Waals surface area contributed by atoms with E-state index in [0.29, 0.717) is 0 Å². The molecule has 0 fully saturated rings. The second-order valence-corrected chi connectivity index (χ2v) is 6.11. The molecule has 1 atom stereocenters. The smallest absolute Gasteiger partial charge is 0.125 e. The Kier molecular flexibility index (Phi) is 3.76. The van der Waals surface area contributed by atoms with E-state index in [9.17, 15) is 0 Å². The first-order chi connectivity index (χ1) is 9.65. The van der Waals surface area contributed by atoms with Crippen LogP contribution in [0.15, 0.2) is 35.1 Å². The number of nitrogens with zero attached hydrogens (tertiary/aromatic N) is 1. The van der Waals surface area contributed by atoms with Crippen molar-refractivity contribution in [1.29, 1.82) is 0 Å². The Morgan fingerprint density at radius 2 is 2.30 bits per heavy atom. The maximum atomic E-state index is 6.37. The number of aromatic nitrogens is 1. The highest BCUT2D eigenvalue weighted by atomic mass is 79.9. The van der Waals surface area contributed by atoms with Crippen LogP contribution in [0.5, 0.6) is 5.75 Å². The van der Waals surface area contributed by atoms with Crippen molar-refractivity contribution in [2.45, 2.75) is 25.8 Å². The Bertz CT molecular complexity index is 642. The van der Waals surface area contributed by atoms with Gasteiger partial charge >= 0.3 is 0 Å². The first kappa shape index (κ1) is 13.6. The number of benzene rings is 1. The number of halogens is 1. The van der Waals surface area contributed by atoms with Crippen molar-refractivity contribution in [3.8, 4) is 5.75 Å². The number of hydrogen-bond donors (Lipinski definition) is 1. The molecule has 0 aliphatic carbocycles. The molecule has 1 aliphatic rings. The first-order valence-corrected chi connectivity index (χ1v) is 7.54. The van der Waals surface area contributed by atoms with E-state index >= 15 is 0 Å². The summed E-state index contributed by atoms with van der Waals surface area (Å²) in [5.74, 6) is 1.02. The lowest BCUT2D eigenvalue weighted by Crippen LogP contribution is -2.15. The quantitative estimate of drug-likeness (QED) is 0.937. The lowest BCUT2D eigenvalue weighted by molar-refractivity contribution is 0.352. The Morgan fingerprint density at radius 3 is 3.10 bits per heavy atom. The molecule has 0 saturated carbocycles. The summed E-state index contributed by atoms with van der Waals surface area (Å²) in [6, 6.07) is 6.20. The van der Waals surface area contributed by atoms with Crippen molar-refractivity contribution in [1.82, 2.24) is 4.98 Å². The minimum Gasteiger partial charge on any atom is -0.493 e. The maximum absolute atomic E-state index is 6.37. The molecule has 0 saturated heterocycles. The third kappa shape index (κ3) is 2.58. The SMILES string of the molecule is Cc1cnccc1C(N)Cc1cc(Br)cc2c1OCC2. The summed E-state index contributed by atoms with van der Waals surface area (Å²) in [6.45, 7) is 2.81. The molecule has 2 heterocycles. The number of ether oxygens (including phenoxy) is 1. The number of aryl methyl sites for hydroxylation is 1. The van der Waals surface area contributed by atoms with E-state index in [0.717, 1.165) is 40.8 Å². The molecular formula is C16H17BrN2O. The van der Waals surface area contributed by atoms with Gasteiger partial charge in [0.2, 0.25) is 0 Å². The zero-order chi connectivity index (χ0) is 14.1. The molecule has 0 radical (unpaired) electrons. The van der Waals surface area contributed by atoms with E-state index < -0.39 is 0 Å². The van der Waals surface area contributed by atoms with Gasteiger partial charge in [-0.05, 0) is 53.8 Å². The zero-order valence-corrected chi connectivity index (χ0v) is 13.0. The van der Waals surface area contributed by atoms with Crippen LogP contribution in [0.25, 0.3) is 0 Å². The van der Waals surface area contributed by atoms with Gasteiger partial charge in [-0.15, -0.1) is 0 Å². The number of nitrogens with two attached hydrogens (primary N) is 1. The molecular weight excluding hydrogens is 316 g/mol. The summed E-state index contributed by atoms with van der Waals surface area (Å²) >= 11 is 3.57. The van der Waals surface area contributed by atoms with Crippen molar-refractivity contribution < 1.29 is 4.74 Å². The summed E-state index contributed by atoms with van der Waals surface area (Å²) in [5, 5.41) is 0. The van der Waals surface area contributed by atoms with Crippen molar-refractivity contribution in [3.05, 3.63) is 57.3 Å². The third-order valence-electron chi connectivity index (χ3n) is 3.73. The van der Waals surface area contributed by atoms with E-state index in [2.05, 4.69) is 33.0 Å². The average molecular weight is 333 g/mol. The van der Waals surface area contributed by atoms with E-state index in [1.807, 2.05) is 19.2 Å². The molecule has 1 aromatic carbocycles. The van der Waals surface area contributed by atoms with Gasteiger partial charge in [0.15, 0.2) is 0 Å². The average Bonchev–Trinajstić information content (AvgIpc) is 2.87. The number of rotatable bonds is 3. The van der Waals surface area contributed by atoms with Crippen LogP contribution in [0.1, 0.15) is 28.3 Å². The van der Waals surface area contributed by atoms with Crippen molar-refractivity contribution >= 4 is 15.9 Å². The Labute approximate surface area is 127 Å². The lowest BCUT2D eigenvalue weighted by Gasteiger charge is -2.16. The van der Waals surface area contributed by atoms with Gasteiger partial charge in [0.1, 0.15) is 5.75 Å². The van der Waals surface area contributed by atoms with Crippen LogP contribution >= 0.6 is 15.9 Å². The summed E-state index contributed by atoms with van der Waals surface area (Å²) in [7, 11) is 0. The Morgan fingerprint density at radius 1 is 1.45 bits per heavy atom. The predicted molar refractivity (Wildman–Crippen MR) is 82.9 cm³/mol. The van der Waals surface area contributed by atoms with E-state index in [1.165, 1.54) is 11.1 Å². The molecule has 0 spiro atoms. The van der Waals surface area contributed by atoms with Crippen LogP contribution in [0, 0.1) is 6.92 Å². The zero-order valence-electron chi connectivity index (χ0n) is 11.4. The largest absolute Gasteiger partial charge is 0.493 e. The standard InChI is InChI=1S/C16H17BrN2O/c1-10-9-19-4-2-14(10)15(18)8-12-7-13(17)6-11-3-5-20-16(11)12/h2,4,6-7,9,15H,3,5,8,18H2,1H3. The van der Waals surface area contributed by atoms with Gasteiger partial charge in [-0.3, -0.25) is 4.98 Å². The highest BCUT2D eigenvalue weighted by Crippen LogP contribution is 2.35. The molecule has 2 N–H and O–H groups in total. The first-order valence-electron chi connectivity index (χ1n) is 6.75. The van der Waals surface area contributed by atoms with E-state index in [-0.39, 0.29) is 6.04 Å². The van der Waals surface area contributed by atoms with Gasteiger partial charge in [0, 0.05) is 29.3 Å². The normalized spacial score (nSPS) is 14.8. The van der Waals surface area contributed by atoms with Crippen molar-refractivity contribution in [3.63, 3.8) is 0 Å². The van der Waals surface area contributed by atoms with Crippen LogP contribution in [-0.4, -0.2) is 11.6 Å². The predicted octanol–water partition coefficient (Wildman–Crippen LogP) is 3.33. The fourth-order valence-corrected chi connectivity index (χ4v) is 3.30. The fraction of sp³-hybridized carbons (Fsp3) is 0.312. The maximum Gasteiger partial charge on any atom is 0.125 e. The van der Waals surface area contributed by atoms with Crippen LogP contribution in [0.3, 0.4) is 0 Å². The van der Waals surface area contributed by atoms with E-state index in [4.69, 9.17) is 10.5 Å². The molecule has 3 rings (SSSR count). The monoisotopic (exact) mass is 332 g/mol. The van der Waals surface area contributed by atoms with Crippen molar-refractivity contribution in [2.24, 2.45) is 5.73 Å². The number of pyridine rings is 1. The summed E-state index contributed by atoms with van der Waals surface area (Å²) in [6.07, 6.45) is 5.40. The minimum atomic E-state index is -0.0411. The topological polar surface area (TPSA) is 48.1 Å². The molecule has 104 valence electrons. The summed E-state index contributed by atoms with van der Waals surface area (Å²) in [4.78, 5) is 4.12. The van der Waals surface area contributed by atoms with Crippen LogP contribution in [0.2, 0.25) is 0 Å². The Balaban J connectivity index is 1.90. The van der Waals surface area contributed by atoms with Gasteiger partial charge in [0.25, 0.3) is 0 Å². The van der Waals surface area contributed by atoms with Crippen LogP contribution in [-0.2, 0) is 12.8 Å². The van der Waals surface area contributed by atoms with Gasteiger partial charge in [-0.1, -0.05) is 15.9 Å². The molecule has 1 unspecified atom stereocenters. The van der Waals surface area contributed by atoms with Gasteiger partial charge in [0.05, 0.1) is 6.61 Å². The molecule has 1 aromatic heterocycles. The van der Waals surface area contributed by atoms with Crippen LogP contribution in [0.4, 0.5) is 0 Å². The minimum absolute atomic E-state index is 0.0411. The van der Waals surface area contributed by atoms with Gasteiger partial charge in [-0.25, -0.2) is 0 Å². The van der Waals surface area contributed by atoms with Crippen molar-refractivity contribution in [2.75, 3.05) is 6.61 Å². The fourth-order valence-electron chi connectivity index (χ4n) is 2.74. The molecule has 3 nitrogen and oxygen atoms in total. The second kappa shape index (κ2) is 5.54. The molecule has 4 heteroatoms.